The Morgan fingerprint density at radius 2 is 1.27 bits per heavy atom. The Balaban J connectivity index is 0. The van der Waals surface area contributed by atoms with Crippen molar-refractivity contribution in [2.24, 2.45) is 0 Å². The van der Waals surface area contributed by atoms with Gasteiger partial charge in [-0.3, -0.25) is 4.18 Å². The first kappa shape index (κ1) is 29.0. The van der Waals surface area contributed by atoms with Gasteiger partial charge in [0.25, 0.3) is 0 Å². The molecule has 0 spiro atoms. The van der Waals surface area contributed by atoms with E-state index in [1.54, 1.807) is 6.92 Å². The third-order valence-corrected chi connectivity index (χ3v) is 4.54. The summed E-state index contributed by atoms with van der Waals surface area (Å²) in [6.07, 6.45) is 12.7. The van der Waals surface area contributed by atoms with Crippen LogP contribution in [0, 0.1) is 0 Å². The molecule has 0 aromatic heterocycles. The van der Waals surface area contributed by atoms with Crippen molar-refractivity contribution in [1.82, 2.24) is 0 Å². The predicted molar refractivity (Wildman–Crippen MR) is 98.3 cm³/mol. The van der Waals surface area contributed by atoms with Crippen molar-refractivity contribution in [1.29, 1.82) is 0 Å². The van der Waals surface area contributed by atoms with Crippen LogP contribution < -0.4 is 29.6 Å². The molecule has 0 N–H and O–H groups in total. The van der Waals surface area contributed by atoms with Crippen LogP contribution in [0.3, 0.4) is 0 Å². The van der Waals surface area contributed by atoms with Crippen molar-refractivity contribution in [2.45, 2.75) is 90.6 Å². The summed E-state index contributed by atoms with van der Waals surface area (Å²) >= 11 is 0. The zero-order chi connectivity index (χ0) is 18.8. The summed E-state index contributed by atoms with van der Waals surface area (Å²) in [6.45, 7) is 5.63. The van der Waals surface area contributed by atoms with Gasteiger partial charge >= 0.3 is 29.6 Å². The Kier molecular flexibility index (Phi) is 22.9. The summed E-state index contributed by atoms with van der Waals surface area (Å²) in [6, 6.07) is 0. The van der Waals surface area contributed by atoms with Gasteiger partial charge in [0.1, 0.15) is 0 Å². The zero-order valence-corrected chi connectivity index (χ0v) is 19.9. The molecule has 0 saturated carbocycles. The molecule has 0 amide bonds. The quantitative estimate of drug-likeness (QED) is 0.139. The minimum absolute atomic E-state index is 0. The van der Waals surface area contributed by atoms with Gasteiger partial charge in [-0.1, -0.05) is 71.6 Å². The van der Waals surface area contributed by atoms with E-state index in [1.165, 1.54) is 57.8 Å². The summed E-state index contributed by atoms with van der Waals surface area (Å²) < 4.78 is 46.6. The molecule has 0 aromatic rings. The molecular formula is C18H37NaO6S. The maximum absolute atomic E-state index is 10.5. The summed E-state index contributed by atoms with van der Waals surface area (Å²) in [5, 5.41) is 0. The Morgan fingerprint density at radius 3 is 1.77 bits per heavy atom. The monoisotopic (exact) mass is 404 g/mol. The van der Waals surface area contributed by atoms with Crippen LogP contribution in [0.25, 0.3) is 0 Å². The van der Waals surface area contributed by atoms with E-state index in [1.807, 2.05) is 0 Å². The van der Waals surface area contributed by atoms with Gasteiger partial charge in [-0.05, 0) is 12.8 Å². The Hall–Kier alpha value is 0.790. The number of hydrogen-bond donors (Lipinski definition) is 0. The number of rotatable bonds is 19. The molecule has 6 nitrogen and oxygen atoms in total. The topological polar surface area (TPSA) is 84.9 Å². The Morgan fingerprint density at radius 1 is 0.769 bits per heavy atom. The fourth-order valence-corrected chi connectivity index (χ4v) is 3.03. The average Bonchev–Trinajstić information content (AvgIpc) is 2.56. The van der Waals surface area contributed by atoms with E-state index in [2.05, 4.69) is 11.1 Å². The van der Waals surface area contributed by atoms with E-state index >= 15 is 0 Å². The number of unbranched alkanes of at least 4 members (excludes halogenated alkanes) is 9. The molecule has 0 aliphatic carbocycles. The number of ether oxygens (including phenoxy) is 2. The normalized spacial score (nSPS) is 12.7. The first-order valence-corrected chi connectivity index (χ1v) is 11.1. The van der Waals surface area contributed by atoms with Crippen LogP contribution in [0.1, 0.15) is 84.5 Å². The van der Waals surface area contributed by atoms with Crippen LogP contribution >= 0.6 is 0 Å². The average molecular weight is 405 g/mol. The standard InChI is InChI=1S/C18H38O6S.Na/c1-3-5-6-7-8-9-10-11-12-13-14-22-15-16-23-17-18(4-2)24-25(19,20)21;/h18H,3-17H2,1-2H3,(H,19,20,21);/q;+1/p-1. The molecule has 0 saturated heterocycles. The fourth-order valence-electron chi connectivity index (χ4n) is 2.51. The molecule has 1 atom stereocenters. The van der Waals surface area contributed by atoms with Crippen molar-refractivity contribution in [3.05, 3.63) is 0 Å². The molecule has 26 heavy (non-hydrogen) atoms. The molecule has 152 valence electrons. The maximum atomic E-state index is 10.5. The van der Waals surface area contributed by atoms with Gasteiger partial charge in [0, 0.05) is 6.61 Å². The Bertz CT molecular complexity index is 378. The first-order chi connectivity index (χ1) is 12.0. The molecule has 0 aliphatic heterocycles. The van der Waals surface area contributed by atoms with Crippen molar-refractivity contribution >= 4 is 10.4 Å². The third-order valence-electron chi connectivity index (χ3n) is 4.03. The molecule has 0 radical (unpaired) electrons. The second kappa shape index (κ2) is 20.5. The molecule has 0 fully saturated rings. The van der Waals surface area contributed by atoms with Crippen molar-refractivity contribution < 1.29 is 56.2 Å². The van der Waals surface area contributed by atoms with Crippen LogP contribution in [0.15, 0.2) is 0 Å². The van der Waals surface area contributed by atoms with Gasteiger partial charge in [0.2, 0.25) is 10.4 Å². The van der Waals surface area contributed by atoms with Gasteiger partial charge in [0.15, 0.2) is 0 Å². The van der Waals surface area contributed by atoms with E-state index in [9.17, 15) is 13.0 Å². The van der Waals surface area contributed by atoms with Gasteiger partial charge in [-0.15, -0.1) is 0 Å². The summed E-state index contributed by atoms with van der Waals surface area (Å²) in [5.41, 5.74) is 0. The molecule has 0 heterocycles. The summed E-state index contributed by atoms with van der Waals surface area (Å²) in [5.74, 6) is 0. The van der Waals surface area contributed by atoms with E-state index in [0.29, 0.717) is 19.6 Å². The second-order valence-electron chi connectivity index (χ2n) is 6.40. The van der Waals surface area contributed by atoms with Crippen molar-refractivity contribution in [3.8, 4) is 0 Å². The zero-order valence-electron chi connectivity index (χ0n) is 17.0. The Labute approximate surface area is 183 Å². The fraction of sp³-hybridized carbons (Fsp3) is 1.00. The van der Waals surface area contributed by atoms with Crippen molar-refractivity contribution in [2.75, 3.05) is 26.4 Å². The van der Waals surface area contributed by atoms with Crippen LogP contribution in [0.5, 0.6) is 0 Å². The molecular weight excluding hydrogens is 367 g/mol. The largest absolute Gasteiger partial charge is 1.00 e. The molecule has 0 aromatic carbocycles. The van der Waals surface area contributed by atoms with E-state index in [-0.39, 0.29) is 36.2 Å². The molecule has 0 aliphatic rings. The van der Waals surface area contributed by atoms with Crippen molar-refractivity contribution in [3.63, 3.8) is 0 Å². The third kappa shape index (κ3) is 22.8. The second-order valence-corrected chi connectivity index (χ2v) is 7.41. The van der Waals surface area contributed by atoms with E-state index < -0.39 is 16.5 Å². The minimum Gasteiger partial charge on any atom is -0.726 e. The van der Waals surface area contributed by atoms with Crippen LogP contribution in [0.4, 0.5) is 0 Å². The van der Waals surface area contributed by atoms with Gasteiger partial charge in [-0.25, -0.2) is 8.42 Å². The predicted octanol–water partition coefficient (Wildman–Crippen LogP) is 1.20. The van der Waals surface area contributed by atoms with E-state index in [0.717, 1.165) is 13.0 Å². The van der Waals surface area contributed by atoms with Crippen LogP contribution in [0.2, 0.25) is 0 Å². The number of hydrogen-bond acceptors (Lipinski definition) is 6. The van der Waals surface area contributed by atoms with E-state index in [4.69, 9.17) is 9.47 Å². The molecule has 8 heteroatoms. The molecule has 0 rings (SSSR count). The van der Waals surface area contributed by atoms with Gasteiger partial charge in [0.05, 0.1) is 25.9 Å². The minimum atomic E-state index is -4.67. The van der Waals surface area contributed by atoms with Gasteiger partial charge < -0.3 is 14.0 Å². The molecule has 0 bridgehead atoms. The molecule has 1 unspecified atom stereocenters. The summed E-state index contributed by atoms with van der Waals surface area (Å²) in [4.78, 5) is 0. The van der Waals surface area contributed by atoms with Gasteiger partial charge in [-0.2, -0.15) is 0 Å². The van der Waals surface area contributed by atoms with Crippen LogP contribution in [-0.2, 0) is 24.1 Å². The first-order valence-electron chi connectivity index (χ1n) is 9.79. The van der Waals surface area contributed by atoms with Crippen LogP contribution in [-0.4, -0.2) is 45.5 Å². The summed E-state index contributed by atoms with van der Waals surface area (Å²) in [7, 11) is -4.67. The smallest absolute Gasteiger partial charge is 0.726 e. The SMILES string of the molecule is CCCCCCCCCCCCOCCOCC(CC)OS(=O)(=O)[O-].[Na+]. The maximum Gasteiger partial charge on any atom is 1.00 e.